The van der Waals surface area contributed by atoms with E-state index >= 15 is 0 Å². The van der Waals surface area contributed by atoms with Gasteiger partial charge in [0.05, 0.1) is 11.6 Å². The molecule has 0 saturated heterocycles. The molecule has 0 saturated carbocycles. The predicted octanol–water partition coefficient (Wildman–Crippen LogP) is 2.20. The van der Waals surface area contributed by atoms with Gasteiger partial charge in [-0.3, -0.25) is 0 Å². The highest BCUT2D eigenvalue weighted by molar-refractivity contribution is 5.49. The molecule has 0 spiro atoms. The Labute approximate surface area is 84.3 Å². The smallest absolute Gasteiger partial charge is 0.0995 e. The molecule has 0 fully saturated rings. The van der Waals surface area contributed by atoms with Gasteiger partial charge in [0.15, 0.2) is 0 Å². The zero-order valence-corrected chi connectivity index (χ0v) is 8.38. The summed E-state index contributed by atoms with van der Waals surface area (Å²) < 4.78 is 0. The van der Waals surface area contributed by atoms with Gasteiger partial charge in [0, 0.05) is 6.04 Å². The normalized spacial score (nSPS) is 19.9. The minimum atomic E-state index is 0.0632. The molecule has 1 aliphatic rings. The van der Waals surface area contributed by atoms with Gasteiger partial charge in [-0.05, 0) is 48.9 Å². The van der Waals surface area contributed by atoms with Gasteiger partial charge in [0.25, 0.3) is 0 Å². The maximum atomic E-state index is 9.00. The third-order valence-electron chi connectivity index (χ3n) is 3.02. The fraction of sp³-hybridized carbons (Fsp3) is 0.417. The summed E-state index contributed by atoms with van der Waals surface area (Å²) in [5.74, 6) is 0. The topological polar surface area (TPSA) is 49.8 Å². The Balaban J connectivity index is 2.65. The maximum Gasteiger partial charge on any atom is 0.0995 e. The van der Waals surface area contributed by atoms with Crippen molar-refractivity contribution in [2.24, 2.45) is 5.73 Å². The van der Waals surface area contributed by atoms with E-state index in [4.69, 9.17) is 11.0 Å². The summed E-state index contributed by atoms with van der Waals surface area (Å²) in [4.78, 5) is 0. The van der Waals surface area contributed by atoms with Crippen molar-refractivity contribution in [2.45, 2.75) is 32.2 Å². The highest BCUT2D eigenvalue weighted by atomic mass is 14.6. The van der Waals surface area contributed by atoms with Crippen LogP contribution in [-0.4, -0.2) is 0 Å². The Hall–Kier alpha value is -1.33. The van der Waals surface area contributed by atoms with Crippen molar-refractivity contribution in [3.05, 3.63) is 34.4 Å². The number of fused-ring (bicyclic) bond motifs is 1. The standard InChI is InChI=1S/C12H14N2/c1-8-5-6-9(7-13)12-10(8)3-2-4-11(12)14/h5-6,11H,2-4,14H2,1H3. The Morgan fingerprint density at radius 1 is 1.50 bits per heavy atom. The summed E-state index contributed by atoms with van der Waals surface area (Å²) in [5.41, 5.74) is 10.5. The highest BCUT2D eigenvalue weighted by Gasteiger charge is 2.21. The summed E-state index contributed by atoms with van der Waals surface area (Å²) in [7, 11) is 0. The zero-order chi connectivity index (χ0) is 10.1. The van der Waals surface area contributed by atoms with E-state index in [1.165, 1.54) is 11.1 Å². The van der Waals surface area contributed by atoms with Crippen LogP contribution in [0.3, 0.4) is 0 Å². The lowest BCUT2D eigenvalue weighted by atomic mass is 9.83. The average molecular weight is 186 g/mol. The SMILES string of the molecule is Cc1ccc(C#N)c2c1CCCC2N. The quantitative estimate of drug-likeness (QED) is 0.675. The molecule has 1 aliphatic carbocycles. The van der Waals surface area contributed by atoms with E-state index in [-0.39, 0.29) is 6.04 Å². The summed E-state index contributed by atoms with van der Waals surface area (Å²) in [5, 5.41) is 9.00. The van der Waals surface area contributed by atoms with Gasteiger partial charge in [-0.15, -0.1) is 0 Å². The molecule has 2 heteroatoms. The van der Waals surface area contributed by atoms with Crippen LogP contribution >= 0.6 is 0 Å². The van der Waals surface area contributed by atoms with Crippen molar-refractivity contribution >= 4 is 0 Å². The molecule has 0 aliphatic heterocycles. The number of aryl methyl sites for hydroxylation is 1. The number of nitrogens with zero attached hydrogens (tertiary/aromatic N) is 1. The van der Waals surface area contributed by atoms with Crippen LogP contribution in [0.5, 0.6) is 0 Å². The van der Waals surface area contributed by atoms with E-state index in [1.54, 1.807) is 0 Å². The Bertz CT molecular complexity index is 402. The van der Waals surface area contributed by atoms with Gasteiger partial charge in [0.1, 0.15) is 0 Å². The number of nitriles is 1. The minimum absolute atomic E-state index is 0.0632. The molecule has 1 unspecified atom stereocenters. The van der Waals surface area contributed by atoms with E-state index in [1.807, 2.05) is 12.1 Å². The van der Waals surface area contributed by atoms with Crippen molar-refractivity contribution in [3.8, 4) is 6.07 Å². The molecule has 0 bridgehead atoms. The van der Waals surface area contributed by atoms with Crippen molar-refractivity contribution in [2.75, 3.05) is 0 Å². The van der Waals surface area contributed by atoms with E-state index in [9.17, 15) is 0 Å². The largest absolute Gasteiger partial charge is 0.324 e. The molecule has 0 aromatic heterocycles. The van der Waals surface area contributed by atoms with Crippen molar-refractivity contribution in [3.63, 3.8) is 0 Å². The van der Waals surface area contributed by atoms with Gasteiger partial charge in [0.2, 0.25) is 0 Å². The summed E-state index contributed by atoms with van der Waals surface area (Å²) in [6, 6.07) is 6.21. The molecule has 72 valence electrons. The number of rotatable bonds is 0. The second-order valence-electron chi connectivity index (χ2n) is 3.93. The molecular weight excluding hydrogens is 172 g/mol. The number of hydrogen-bond donors (Lipinski definition) is 1. The molecule has 1 aromatic rings. The van der Waals surface area contributed by atoms with Crippen molar-refractivity contribution in [1.29, 1.82) is 5.26 Å². The zero-order valence-electron chi connectivity index (χ0n) is 8.38. The van der Waals surface area contributed by atoms with Gasteiger partial charge in [-0.25, -0.2) is 0 Å². The molecule has 0 heterocycles. The first-order valence-electron chi connectivity index (χ1n) is 5.02. The third-order valence-corrected chi connectivity index (χ3v) is 3.02. The molecule has 2 nitrogen and oxygen atoms in total. The fourth-order valence-corrected chi connectivity index (χ4v) is 2.27. The minimum Gasteiger partial charge on any atom is -0.324 e. The molecular formula is C12H14N2. The predicted molar refractivity (Wildman–Crippen MR) is 55.8 cm³/mol. The molecule has 14 heavy (non-hydrogen) atoms. The van der Waals surface area contributed by atoms with Crippen LogP contribution in [0.1, 0.15) is 41.1 Å². The van der Waals surface area contributed by atoms with Gasteiger partial charge >= 0.3 is 0 Å². The fourth-order valence-electron chi connectivity index (χ4n) is 2.27. The lowest BCUT2D eigenvalue weighted by Gasteiger charge is -2.24. The van der Waals surface area contributed by atoms with Crippen molar-refractivity contribution < 1.29 is 0 Å². The van der Waals surface area contributed by atoms with Crippen LogP contribution in [0.2, 0.25) is 0 Å². The summed E-state index contributed by atoms with van der Waals surface area (Å²) in [6.07, 6.45) is 3.22. The lowest BCUT2D eigenvalue weighted by molar-refractivity contribution is 0.567. The van der Waals surface area contributed by atoms with E-state index in [0.29, 0.717) is 0 Å². The monoisotopic (exact) mass is 186 g/mol. The first kappa shape index (κ1) is 9.23. The summed E-state index contributed by atoms with van der Waals surface area (Å²) >= 11 is 0. The Morgan fingerprint density at radius 2 is 2.29 bits per heavy atom. The Kier molecular flexibility index (Phi) is 2.26. The van der Waals surface area contributed by atoms with Crippen LogP contribution in [0.4, 0.5) is 0 Å². The van der Waals surface area contributed by atoms with Crippen LogP contribution in [0.15, 0.2) is 12.1 Å². The lowest BCUT2D eigenvalue weighted by Crippen LogP contribution is -2.19. The molecule has 0 amide bonds. The molecule has 0 radical (unpaired) electrons. The molecule has 2 N–H and O–H groups in total. The first-order chi connectivity index (χ1) is 6.74. The van der Waals surface area contributed by atoms with Crippen LogP contribution in [0.25, 0.3) is 0 Å². The van der Waals surface area contributed by atoms with Gasteiger partial charge in [-0.1, -0.05) is 6.07 Å². The number of benzene rings is 1. The second-order valence-corrected chi connectivity index (χ2v) is 3.93. The maximum absolute atomic E-state index is 9.00. The van der Waals surface area contributed by atoms with E-state index in [2.05, 4.69) is 13.0 Å². The summed E-state index contributed by atoms with van der Waals surface area (Å²) in [6.45, 7) is 2.10. The third kappa shape index (κ3) is 1.30. The second kappa shape index (κ2) is 3.43. The Morgan fingerprint density at radius 3 is 3.00 bits per heavy atom. The number of nitrogens with two attached hydrogens (primary N) is 1. The highest BCUT2D eigenvalue weighted by Crippen LogP contribution is 2.32. The number of hydrogen-bond acceptors (Lipinski definition) is 2. The first-order valence-corrected chi connectivity index (χ1v) is 5.02. The molecule has 1 atom stereocenters. The van der Waals surface area contributed by atoms with Crippen molar-refractivity contribution in [1.82, 2.24) is 0 Å². The van der Waals surface area contributed by atoms with Crippen LogP contribution in [-0.2, 0) is 6.42 Å². The van der Waals surface area contributed by atoms with E-state index < -0.39 is 0 Å². The molecule has 1 aromatic carbocycles. The molecule has 2 rings (SSSR count). The van der Waals surface area contributed by atoms with Crippen LogP contribution < -0.4 is 5.73 Å². The van der Waals surface area contributed by atoms with Gasteiger partial charge < -0.3 is 5.73 Å². The van der Waals surface area contributed by atoms with E-state index in [0.717, 1.165) is 30.4 Å². The van der Waals surface area contributed by atoms with Gasteiger partial charge in [-0.2, -0.15) is 5.26 Å². The van der Waals surface area contributed by atoms with Crippen LogP contribution in [0, 0.1) is 18.3 Å². The average Bonchev–Trinajstić information content (AvgIpc) is 2.20.